The number of benzene rings is 1. The second-order valence-corrected chi connectivity index (χ2v) is 10.8. The molecule has 0 aliphatic rings. The molecule has 0 radical (unpaired) electrons. The Bertz CT molecular complexity index is 1010. The Morgan fingerprint density at radius 1 is 0.775 bits per heavy atom. The first kappa shape index (κ1) is 34.8. The zero-order valence-electron chi connectivity index (χ0n) is 24.5. The van der Waals surface area contributed by atoms with Crippen LogP contribution in [0.2, 0.25) is 0 Å². The maximum Gasteiger partial charge on any atom is 0.338 e. The van der Waals surface area contributed by atoms with E-state index < -0.39 is 54.9 Å². The summed E-state index contributed by atoms with van der Waals surface area (Å²) in [6.07, 6.45) is 0.177. The molecule has 0 aliphatic heterocycles. The molecule has 2 unspecified atom stereocenters. The average Bonchev–Trinajstić information content (AvgIpc) is 2.92. The van der Waals surface area contributed by atoms with Gasteiger partial charge in [0, 0.05) is 5.57 Å². The Labute approximate surface area is 236 Å². The lowest BCUT2D eigenvalue weighted by Crippen LogP contribution is -2.31. The van der Waals surface area contributed by atoms with Crippen LogP contribution in [0.25, 0.3) is 0 Å². The molecule has 0 fully saturated rings. The molecule has 0 saturated heterocycles. The van der Waals surface area contributed by atoms with E-state index in [0.29, 0.717) is 19.3 Å². The molecule has 1 rings (SSSR count). The van der Waals surface area contributed by atoms with Crippen LogP contribution in [-0.2, 0) is 28.5 Å². The number of esters is 4. The SMILES string of the molecule is C=C(CC(=O)OC(C)(CC)CC)C(=O)OCC(O)COC(=O)c1ccc(C(=O)OCC(O)CC(C)(C)CC)cc1. The number of hydrogen-bond donors (Lipinski definition) is 2. The number of carbonyl (C=O) groups excluding carboxylic acids is 4. The van der Waals surface area contributed by atoms with Gasteiger partial charge in [0.2, 0.25) is 0 Å². The standard InChI is InChI=1S/C30H44O10/c1-8-29(5,6)16-23(31)17-38-27(35)21-11-13-22(14-12-21)28(36)39-19-24(32)18-37-26(34)20(4)15-25(33)40-30(7,9-2)10-3/h11-14,23-24,31-32H,4,8-10,15-19H2,1-3,5-7H3. The van der Waals surface area contributed by atoms with E-state index in [4.69, 9.17) is 18.9 Å². The topological polar surface area (TPSA) is 146 Å². The number of carbonyl (C=O) groups is 4. The van der Waals surface area contributed by atoms with Crippen LogP contribution in [0.5, 0.6) is 0 Å². The summed E-state index contributed by atoms with van der Waals surface area (Å²) in [5.74, 6) is -2.87. The van der Waals surface area contributed by atoms with Crippen LogP contribution >= 0.6 is 0 Å². The van der Waals surface area contributed by atoms with Crippen molar-refractivity contribution in [3.05, 3.63) is 47.5 Å². The summed E-state index contributed by atoms with van der Waals surface area (Å²) in [7, 11) is 0. The summed E-state index contributed by atoms with van der Waals surface area (Å²) in [6.45, 7) is 14.1. The summed E-state index contributed by atoms with van der Waals surface area (Å²) >= 11 is 0. The van der Waals surface area contributed by atoms with E-state index in [1.165, 1.54) is 24.3 Å². The van der Waals surface area contributed by atoms with Crippen LogP contribution in [0.15, 0.2) is 36.4 Å². The highest BCUT2D eigenvalue weighted by Crippen LogP contribution is 2.26. The summed E-state index contributed by atoms with van der Waals surface area (Å²) < 4.78 is 20.5. The Morgan fingerprint density at radius 3 is 1.68 bits per heavy atom. The van der Waals surface area contributed by atoms with Gasteiger partial charge in [-0.05, 0) is 55.9 Å². The highest BCUT2D eigenvalue weighted by Gasteiger charge is 2.26. The van der Waals surface area contributed by atoms with Gasteiger partial charge in [-0.25, -0.2) is 14.4 Å². The molecule has 0 aliphatic carbocycles. The maximum atomic E-state index is 12.3. The highest BCUT2D eigenvalue weighted by molar-refractivity contribution is 5.94. The lowest BCUT2D eigenvalue weighted by Gasteiger charge is -2.27. The molecule has 0 amide bonds. The van der Waals surface area contributed by atoms with Gasteiger partial charge in [0.05, 0.1) is 23.7 Å². The smallest absolute Gasteiger partial charge is 0.338 e. The van der Waals surface area contributed by atoms with Crippen LogP contribution in [0.4, 0.5) is 0 Å². The molecule has 2 atom stereocenters. The molecular weight excluding hydrogens is 520 g/mol. The van der Waals surface area contributed by atoms with Crippen molar-refractivity contribution in [1.82, 2.24) is 0 Å². The van der Waals surface area contributed by atoms with Gasteiger partial charge in [-0.3, -0.25) is 4.79 Å². The third-order valence-electron chi connectivity index (χ3n) is 6.82. The predicted octanol–water partition coefficient (Wildman–Crippen LogP) is 4.16. The Morgan fingerprint density at radius 2 is 1.23 bits per heavy atom. The van der Waals surface area contributed by atoms with E-state index in [0.717, 1.165) is 6.42 Å². The number of ether oxygens (including phenoxy) is 4. The van der Waals surface area contributed by atoms with Crippen molar-refractivity contribution in [2.45, 2.75) is 91.5 Å². The van der Waals surface area contributed by atoms with E-state index in [1.54, 1.807) is 6.92 Å². The van der Waals surface area contributed by atoms with Gasteiger partial charge in [-0.2, -0.15) is 0 Å². The molecule has 0 spiro atoms. The van der Waals surface area contributed by atoms with Crippen molar-refractivity contribution in [2.24, 2.45) is 5.41 Å². The third-order valence-corrected chi connectivity index (χ3v) is 6.82. The minimum atomic E-state index is -1.31. The molecule has 224 valence electrons. The Balaban J connectivity index is 2.45. The maximum absolute atomic E-state index is 12.3. The first-order chi connectivity index (χ1) is 18.6. The minimum absolute atomic E-state index is 0.0707. The van der Waals surface area contributed by atoms with Gasteiger partial charge < -0.3 is 29.2 Å². The number of aliphatic hydroxyl groups is 2. The molecular formula is C30H44O10. The largest absolute Gasteiger partial charge is 0.459 e. The van der Waals surface area contributed by atoms with Crippen molar-refractivity contribution < 1.29 is 48.3 Å². The fraction of sp³-hybridized carbons (Fsp3) is 0.600. The van der Waals surface area contributed by atoms with Crippen molar-refractivity contribution >= 4 is 23.9 Å². The second-order valence-electron chi connectivity index (χ2n) is 10.8. The monoisotopic (exact) mass is 564 g/mol. The zero-order valence-corrected chi connectivity index (χ0v) is 24.5. The van der Waals surface area contributed by atoms with Gasteiger partial charge in [0.1, 0.15) is 31.5 Å². The second kappa shape index (κ2) is 16.1. The molecule has 0 heterocycles. The normalized spacial score (nSPS) is 13.1. The van der Waals surface area contributed by atoms with Crippen LogP contribution < -0.4 is 0 Å². The molecule has 40 heavy (non-hydrogen) atoms. The Kier molecular flexibility index (Phi) is 14.0. The van der Waals surface area contributed by atoms with Crippen LogP contribution in [0.3, 0.4) is 0 Å². The molecule has 2 N–H and O–H groups in total. The molecule has 0 bridgehead atoms. The van der Waals surface area contributed by atoms with Crippen molar-refractivity contribution in [2.75, 3.05) is 19.8 Å². The number of rotatable bonds is 17. The van der Waals surface area contributed by atoms with Gasteiger partial charge in [-0.1, -0.05) is 47.6 Å². The number of aliphatic hydroxyl groups excluding tert-OH is 2. The van der Waals surface area contributed by atoms with Gasteiger partial charge in [0.15, 0.2) is 0 Å². The summed E-state index contributed by atoms with van der Waals surface area (Å²) in [6, 6.07) is 5.51. The van der Waals surface area contributed by atoms with E-state index in [1.807, 2.05) is 34.6 Å². The predicted molar refractivity (Wildman–Crippen MR) is 148 cm³/mol. The van der Waals surface area contributed by atoms with Crippen molar-refractivity contribution in [1.29, 1.82) is 0 Å². The summed E-state index contributed by atoms with van der Waals surface area (Å²) in [4.78, 5) is 48.7. The molecule has 0 aromatic heterocycles. The fourth-order valence-electron chi connectivity index (χ4n) is 3.37. The average molecular weight is 565 g/mol. The lowest BCUT2D eigenvalue weighted by atomic mass is 9.84. The van der Waals surface area contributed by atoms with E-state index in [9.17, 15) is 29.4 Å². The summed E-state index contributed by atoms with van der Waals surface area (Å²) in [5, 5.41) is 20.1. The van der Waals surface area contributed by atoms with E-state index >= 15 is 0 Å². The molecule has 1 aromatic rings. The van der Waals surface area contributed by atoms with Crippen LogP contribution in [0, 0.1) is 5.41 Å². The van der Waals surface area contributed by atoms with E-state index in [2.05, 4.69) is 6.58 Å². The van der Waals surface area contributed by atoms with Gasteiger partial charge >= 0.3 is 23.9 Å². The Hall–Kier alpha value is -3.24. The lowest BCUT2D eigenvalue weighted by molar-refractivity contribution is -0.159. The molecule has 10 nitrogen and oxygen atoms in total. The van der Waals surface area contributed by atoms with Crippen LogP contribution in [-0.4, -0.2) is 71.7 Å². The van der Waals surface area contributed by atoms with Crippen molar-refractivity contribution in [3.8, 4) is 0 Å². The molecule has 0 saturated carbocycles. The van der Waals surface area contributed by atoms with E-state index in [-0.39, 0.29) is 35.1 Å². The molecule has 1 aromatic carbocycles. The highest BCUT2D eigenvalue weighted by atomic mass is 16.6. The number of hydrogen-bond acceptors (Lipinski definition) is 10. The molecule has 10 heteroatoms. The third kappa shape index (κ3) is 12.3. The quantitative estimate of drug-likeness (QED) is 0.161. The van der Waals surface area contributed by atoms with Gasteiger partial charge in [0.25, 0.3) is 0 Å². The zero-order chi connectivity index (χ0) is 30.5. The van der Waals surface area contributed by atoms with Gasteiger partial charge in [-0.15, -0.1) is 0 Å². The fourth-order valence-corrected chi connectivity index (χ4v) is 3.37. The van der Waals surface area contributed by atoms with Crippen molar-refractivity contribution in [3.63, 3.8) is 0 Å². The first-order valence-corrected chi connectivity index (χ1v) is 13.5. The summed E-state index contributed by atoms with van der Waals surface area (Å²) in [5.41, 5.74) is -0.493. The first-order valence-electron chi connectivity index (χ1n) is 13.5. The minimum Gasteiger partial charge on any atom is -0.459 e. The van der Waals surface area contributed by atoms with Crippen LogP contribution in [0.1, 0.15) is 94.4 Å².